The molecule has 0 spiro atoms. The van der Waals surface area contributed by atoms with Crippen LogP contribution in [0.15, 0.2) is 41.4 Å². The summed E-state index contributed by atoms with van der Waals surface area (Å²) in [7, 11) is 5.61. The molecule has 33 heavy (non-hydrogen) atoms. The number of nitrogens with zero attached hydrogens (tertiary/aromatic N) is 3. The molecule has 174 valence electrons. The number of halogens is 1. The Hall–Kier alpha value is -3.02. The molecule has 2 heterocycles. The standard InChI is InChI=1S/C22H25BrN6O3S/c1-13(23)20(30)25-15-6-7-17-14(10-15)11-18(33-17)22(32)26-19-12-16(29(4)27-19)21(31)24-8-5-9-28(2)3/h6-7,10-12H,1,5,8-9H2,2-4H3,(H,24,31)(H,25,30)(H,26,27,32). The largest absolute Gasteiger partial charge is 0.351 e. The van der Waals surface area contributed by atoms with Gasteiger partial charge in [0, 0.05) is 30.0 Å². The molecule has 3 N–H and O–H groups in total. The lowest BCUT2D eigenvalue weighted by molar-refractivity contribution is -0.112. The van der Waals surface area contributed by atoms with E-state index in [4.69, 9.17) is 0 Å². The molecule has 0 aliphatic carbocycles. The van der Waals surface area contributed by atoms with E-state index in [0.717, 1.165) is 23.1 Å². The molecule has 3 rings (SSSR count). The smallest absolute Gasteiger partial charge is 0.269 e. The van der Waals surface area contributed by atoms with Crippen LogP contribution in [0.4, 0.5) is 11.5 Å². The molecule has 1 aromatic carbocycles. The zero-order valence-corrected chi connectivity index (χ0v) is 21.0. The second kappa shape index (κ2) is 10.7. The van der Waals surface area contributed by atoms with Crippen molar-refractivity contribution in [1.82, 2.24) is 20.0 Å². The van der Waals surface area contributed by atoms with Gasteiger partial charge in [-0.1, -0.05) is 6.58 Å². The van der Waals surface area contributed by atoms with Gasteiger partial charge in [-0.3, -0.25) is 19.1 Å². The summed E-state index contributed by atoms with van der Waals surface area (Å²) in [4.78, 5) is 39.5. The third kappa shape index (κ3) is 6.50. The van der Waals surface area contributed by atoms with Crippen molar-refractivity contribution in [2.45, 2.75) is 6.42 Å². The number of nitrogens with one attached hydrogen (secondary N) is 3. The normalized spacial score (nSPS) is 10.9. The van der Waals surface area contributed by atoms with Crippen LogP contribution in [0.25, 0.3) is 10.1 Å². The van der Waals surface area contributed by atoms with Gasteiger partial charge in [0.05, 0.1) is 9.36 Å². The first kappa shape index (κ1) is 24.6. The predicted octanol–water partition coefficient (Wildman–Crippen LogP) is 3.42. The number of carbonyl (C=O) groups excluding carboxylic acids is 3. The third-order valence-electron chi connectivity index (χ3n) is 4.67. The molecule has 3 aromatic rings. The maximum Gasteiger partial charge on any atom is 0.269 e. The van der Waals surface area contributed by atoms with Crippen LogP contribution in [-0.4, -0.2) is 59.6 Å². The van der Waals surface area contributed by atoms with E-state index in [1.54, 1.807) is 31.3 Å². The van der Waals surface area contributed by atoms with E-state index >= 15 is 0 Å². The van der Waals surface area contributed by atoms with E-state index < -0.39 is 0 Å². The van der Waals surface area contributed by atoms with Gasteiger partial charge >= 0.3 is 0 Å². The molecule has 11 heteroatoms. The fraction of sp³-hybridized carbons (Fsp3) is 0.273. The lowest BCUT2D eigenvalue weighted by Crippen LogP contribution is -2.28. The van der Waals surface area contributed by atoms with E-state index in [2.05, 4.69) is 48.5 Å². The Bertz CT molecular complexity index is 1220. The highest BCUT2D eigenvalue weighted by molar-refractivity contribution is 9.12. The van der Waals surface area contributed by atoms with Gasteiger partial charge in [-0.25, -0.2) is 0 Å². The van der Waals surface area contributed by atoms with Crippen LogP contribution >= 0.6 is 27.3 Å². The average Bonchev–Trinajstić information content (AvgIpc) is 3.33. The van der Waals surface area contributed by atoms with Crippen LogP contribution in [0.3, 0.4) is 0 Å². The van der Waals surface area contributed by atoms with E-state index in [-0.39, 0.29) is 22.2 Å². The minimum atomic E-state index is -0.338. The number of aromatic nitrogens is 2. The van der Waals surface area contributed by atoms with E-state index in [0.29, 0.717) is 28.6 Å². The summed E-state index contributed by atoms with van der Waals surface area (Å²) in [5, 5.41) is 13.4. The lowest BCUT2D eigenvalue weighted by Gasteiger charge is -2.09. The Morgan fingerprint density at radius 1 is 1.15 bits per heavy atom. The fourth-order valence-corrected chi connectivity index (χ4v) is 4.08. The number of hydrogen-bond acceptors (Lipinski definition) is 6. The first-order chi connectivity index (χ1) is 15.6. The zero-order chi connectivity index (χ0) is 24.1. The van der Waals surface area contributed by atoms with Gasteiger partial charge in [0.1, 0.15) is 5.69 Å². The first-order valence-corrected chi connectivity index (χ1v) is 11.7. The van der Waals surface area contributed by atoms with Gasteiger partial charge in [-0.05, 0) is 72.6 Å². The Kier molecular flexibility index (Phi) is 8.01. The van der Waals surface area contributed by atoms with E-state index in [1.165, 1.54) is 16.0 Å². The lowest BCUT2D eigenvalue weighted by atomic mass is 10.2. The van der Waals surface area contributed by atoms with E-state index in [1.807, 2.05) is 20.2 Å². The molecule has 0 bridgehead atoms. The topological polar surface area (TPSA) is 108 Å². The first-order valence-electron chi connectivity index (χ1n) is 10.1. The maximum absolute atomic E-state index is 12.8. The maximum atomic E-state index is 12.8. The van der Waals surface area contributed by atoms with Crippen molar-refractivity contribution in [3.63, 3.8) is 0 Å². The third-order valence-corrected chi connectivity index (χ3v) is 6.14. The molecule has 3 amide bonds. The molecule has 0 saturated carbocycles. The molecule has 0 radical (unpaired) electrons. The summed E-state index contributed by atoms with van der Waals surface area (Å²) in [6.07, 6.45) is 0.836. The van der Waals surface area contributed by atoms with Crippen LogP contribution in [0, 0.1) is 0 Å². The SMILES string of the molecule is C=C(Br)C(=O)Nc1ccc2sc(C(=O)Nc3cc(C(=O)NCCCN(C)C)n(C)n3)cc2c1. The summed E-state index contributed by atoms with van der Waals surface area (Å²) in [6, 6.07) is 8.68. The number of rotatable bonds is 9. The number of aryl methyl sites for hydroxylation is 1. The van der Waals surface area contributed by atoms with Crippen LogP contribution < -0.4 is 16.0 Å². The molecule has 0 aliphatic heterocycles. The number of carbonyl (C=O) groups is 3. The van der Waals surface area contributed by atoms with Crippen LogP contribution in [0.5, 0.6) is 0 Å². The van der Waals surface area contributed by atoms with Gasteiger partial charge in [-0.15, -0.1) is 11.3 Å². The van der Waals surface area contributed by atoms with Crippen LogP contribution in [0.2, 0.25) is 0 Å². The van der Waals surface area contributed by atoms with Crippen molar-refractivity contribution >= 4 is 66.6 Å². The van der Waals surface area contributed by atoms with Gasteiger partial charge in [0.2, 0.25) is 0 Å². The second-order valence-corrected chi connectivity index (χ2v) is 9.67. The van der Waals surface area contributed by atoms with E-state index in [9.17, 15) is 14.4 Å². The summed E-state index contributed by atoms with van der Waals surface area (Å²) in [6.45, 7) is 4.97. The van der Waals surface area contributed by atoms with Crippen molar-refractivity contribution in [2.24, 2.45) is 7.05 Å². The number of benzene rings is 1. The van der Waals surface area contributed by atoms with Gasteiger partial charge in [0.15, 0.2) is 5.82 Å². The van der Waals surface area contributed by atoms with Crippen LogP contribution in [-0.2, 0) is 11.8 Å². The van der Waals surface area contributed by atoms with Crippen molar-refractivity contribution in [1.29, 1.82) is 0 Å². The Morgan fingerprint density at radius 3 is 2.61 bits per heavy atom. The molecular formula is C22H25BrN6O3S. The quantitative estimate of drug-likeness (QED) is 0.289. The number of hydrogen-bond donors (Lipinski definition) is 3. The average molecular weight is 533 g/mol. The Labute approximate surface area is 204 Å². The minimum absolute atomic E-state index is 0.227. The molecule has 0 unspecified atom stereocenters. The van der Waals surface area contributed by atoms with Gasteiger partial charge < -0.3 is 20.9 Å². The molecule has 9 nitrogen and oxygen atoms in total. The Morgan fingerprint density at radius 2 is 1.91 bits per heavy atom. The van der Waals surface area contributed by atoms with Crippen molar-refractivity contribution in [3.8, 4) is 0 Å². The molecule has 2 aromatic heterocycles. The Balaban J connectivity index is 1.66. The molecule has 0 atom stereocenters. The number of fused-ring (bicyclic) bond motifs is 1. The molecule has 0 aliphatic rings. The molecular weight excluding hydrogens is 508 g/mol. The highest BCUT2D eigenvalue weighted by Crippen LogP contribution is 2.29. The molecule has 0 fully saturated rings. The summed E-state index contributed by atoms with van der Waals surface area (Å²) in [5.41, 5.74) is 0.962. The fourth-order valence-electron chi connectivity index (χ4n) is 3.04. The minimum Gasteiger partial charge on any atom is -0.351 e. The second-order valence-electron chi connectivity index (χ2n) is 7.63. The van der Waals surface area contributed by atoms with Gasteiger partial charge in [0.25, 0.3) is 17.7 Å². The van der Waals surface area contributed by atoms with Gasteiger partial charge in [-0.2, -0.15) is 5.10 Å². The zero-order valence-electron chi connectivity index (χ0n) is 18.6. The number of thiophene rings is 1. The number of anilines is 2. The predicted molar refractivity (Wildman–Crippen MR) is 135 cm³/mol. The summed E-state index contributed by atoms with van der Waals surface area (Å²) >= 11 is 4.37. The summed E-state index contributed by atoms with van der Waals surface area (Å²) < 4.78 is 2.56. The van der Waals surface area contributed by atoms with Crippen molar-refractivity contribution in [3.05, 3.63) is 52.0 Å². The van der Waals surface area contributed by atoms with Crippen molar-refractivity contribution < 1.29 is 14.4 Å². The monoisotopic (exact) mass is 532 g/mol. The number of amides is 3. The highest BCUT2D eigenvalue weighted by Gasteiger charge is 2.17. The highest BCUT2D eigenvalue weighted by atomic mass is 79.9. The van der Waals surface area contributed by atoms with Crippen molar-refractivity contribution in [2.75, 3.05) is 37.8 Å². The molecule has 0 saturated heterocycles. The summed E-state index contributed by atoms with van der Waals surface area (Å²) in [5.74, 6) is -0.615. The van der Waals surface area contributed by atoms with Crippen LogP contribution in [0.1, 0.15) is 26.6 Å².